The Bertz CT molecular complexity index is 846. The highest BCUT2D eigenvalue weighted by Crippen LogP contribution is 2.29. The molecule has 7 nitrogen and oxygen atoms in total. The molecule has 0 atom stereocenters. The second kappa shape index (κ2) is 8.64. The van der Waals surface area contributed by atoms with E-state index in [1.165, 1.54) is 26.4 Å². The van der Waals surface area contributed by atoms with Crippen molar-refractivity contribution in [3.63, 3.8) is 0 Å². The van der Waals surface area contributed by atoms with Crippen molar-refractivity contribution in [2.75, 3.05) is 40.4 Å². The minimum atomic E-state index is -4.48. The number of carbonyl (C=O) groups is 1. The lowest BCUT2D eigenvalue weighted by molar-refractivity contribution is -0.137. The Balaban J connectivity index is 1.61. The molecule has 0 radical (unpaired) electrons. The van der Waals surface area contributed by atoms with Crippen LogP contribution in [0.4, 0.5) is 13.2 Å². The maximum atomic E-state index is 12.9. The van der Waals surface area contributed by atoms with Gasteiger partial charge in [0.05, 0.1) is 32.4 Å². The Morgan fingerprint density at radius 2 is 1.66 bits per heavy atom. The monoisotopic (exact) mass is 410 g/mol. The number of aromatic nitrogens is 2. The van der Waals surface area contributed by atoms with Crippen LogP contribution in [0.1, 0.15) is 21.7 Å². The summed E-state index contributed by atoms with van der Waals surface area (Å²) in [6, 6.07) is 6.08. The average Bonchev–Trinajstić information content (AvgIpc) is 2.73. The van der Waals surface area contributed by atoms with Crippen LogP contribution in [0.25, 0.3) is 0 Å². The van der Waals surface area contributed by atoms with E-state index in [1.807, 2.05) is 0 Å². The van der Waals surface area contributed by atoms with Crippen molar-refractivity contribution in [3.05, 3.63) is 47.3 Å². The van der Waals surface area contributed by atoms with Gasteiger partial charge in [-0.1, -0.05) is 6.07 Å². The molecule has 1 aliphatic heterocycles. The number of carbonyl (C=O) groups excluding carboxylic acids is 1. The summed E-state index contributed by atoms with van der Waals surface area (Å²) in [4.78, 5) is 24.8. The molecular weight excluding hydrogens is 389 g/mol. The summed E-state index contributed by atoms with van der Waals surface area (Å²) < 4.78 is 48.9. The van der Waals surface area contributed by atoms with E-state index in [9.17, 15) is 18.0 Å². The lowest BCUT2D eigenvalue weighted by atomic mass is 10.1. The molecule has 1 fully saturated rings. The zero-order valence-electron chi connectivity index (χ0n) is 16.1. The SMILES string of the molecule is COc1cc(OC)nc(CN2CCN(C(=O)c3cccc(C(F)(F)F)c3)CC2)n1. The van der Waals surface area contributed by atoms with E-state index in [1.54, 1.807) is 11.0 Å². The minimum Gasteiger partial charge on any atom is -0.481 e. The molecular formula is C19H21F3N4O3. The highest BCUT2D eigenvalue weighted by Gasteiger charge is 2.31. The van der Waals surface area contributed by atoms with Gasteiger partial charge in [-0.2, -0.15) is 23.1 Å². The second-order valence-corrected chi connectivity index (χ2v) is 6.52. The van der Waals surface area contributed by atoms with Gasteiger partial charge in [0.1, 0.15) is 5.82 Å². The number of nitrogens with zero attached hydrogens (tertiary/aromatic N) is 4. The minimum absolute atomic E-state index is 0.0362. The maximum absolute atomic E-state index is 12.9. The van der Waals surface area contributed by atoms with Crippen molar-refractivity contribution < 1.29 is 27.4 Å². The first-order chi connectivity index (χ1) is 13.8. The van der Waals surface area contributed by atoms with Gasteiger partial charge >= 0.3 is 6.18 Å². The third-order valence-electron chi connectivity index (χ3n) is 4.61. The molecule has 2 aromatic rings. The van der Waals surface area contributed by atoms with Crippen LogP contribution in [0.3, 0.4) is 0 Å². The smallest absolute Gasteiger partial charge is 0.416 e. The van der Waals surface area contributed by atoms with Crippen molar-refractivity contribution >= 4 is 5.91 Å². The number of piperazine rings is 1. The molecule has 3 rings (SSSR count). The first-order valence-corrected chi connectivity index (χ1v) is 8.95. The number of benzene rings is 1. The van der Waals surface area contributed by atoms with Crippen LogP contribution in [0.15, 0.2) is 30.3 Å². The van der Waals surface area contributed by atoms with E-state index in [-0.39, 0.29) is 5.56 Å². The number of methoxy groups -OCH3 is 2. The Kier molecular flexibility index (Phi) is 6.21. The van der Waals surface area contributed by atoms with Crippen LogP contribution in [-0.4, -0.2) is 66.1 Å². The fourth-order valence-corrected chi connectivity index (χ4v) is 3.05. The van der Waals surface area contributed by atoms with E-state index < -0.39 is 17.6 Å². The zero-order valence-corrected chi connectivity index (χ0v) is 16.1. The predicted molar refractivity (Wildman–Crippen MR) is 97.8 cm³/mol. The van der Waals surface area contributed by atoms with Gasteiger partial charge < -0.3 is 14.4 Å². The lowest BCUT2D eigenvalue weighted by Gasteiger charge is -2.34. The van der Waals surface area contributed by atoms with Gasteiger partial charge in [0.15, 0.2) is 0 Å². The summed E-state index contributed by atoms with van der Waals surface area (Å²) in [6.07, 6.45) is -4.48. The van der Waals surface area contributed by atoms with Crippen molar-refractivity contribution in [1.29, 1.82) is 0 Å². The first kappa shape index (κ1) is 20.8. The van der Waals surface area contributed by atoms with Gasteiger partial charge in [-0.05, 0) is 18.2 Å². The van der Waals surface area contributed by atoms with Gasteiger partial charge in [-0.25, -0.2) is 0 Å². The summed E-state index contributed by atoms with van der Waals surface area (Å²) in [7, 11) is 3.01. The van der Waals surface area contributed by atoms with Crippen LogP contribution >= 0.6 is 0 Å². The Labute approximate surface area is 166 Å². The molecule has 1 aliphatic rings. The molecule has 29 heavy (non-hydrogen) atoms. The highest BCUT2D eigenvalue weighted by atomic mass is 19.4. The molecule has 2 heterocycles. The van der Waals surface area contributed by atoms with E-state index in [0.29, 0.717) is 50.3 Å². The van der Waals surface area contributed by atoms with Gasteiger partial charge in [-0.15, -0.1) is 0 Å². The van der Waals surface area contributed by atoms with Crippen molar-refractivity contribution in [2.45, 2.75) is 12.7 Å². The Morgan fingerprint density at radius 1 is 1.03 bits per heavy atom. The van der Waals surface area contributed by atoms with Crippen molar-refractivity contribution in [3.8, 4) is 11.8 Å². The molecule has 0 unspecified atom stereocenters. The molecule has 0 saturated carbocycles. The summed E-state index contributed by atoms with van der Waals surface area (Å²) in [5.74, 6) is 0.907. The Morgan fingerprint density at radius 3 is 2.21 bits per heavy atom. The van der Waals surface area contributed by atoms with Crippen molar-refractivity contribution in [1.82, 2.24) is 19.8 Å². The summed E-state index contributed by atoms with van der Waals surface area (Å²) in [5, 5.41) is 0. The first-order valence-electron chi connectivity index (χ1n) is 8.95. The van der Waals surface area contributed by atoms with E-state index in [2.05, 4.69) is 14.9 Å². The fourth-order valence-electron chi connectivity index (χ4n) is 3.05. The molecule has 0 N–H and O–H groups in total. The average molecular weight is 410 g/mol. The summed E-state index contributed by atoms with van der Waals surface area (Å²) in [6.45, 7) is 2.34. The third kappa shape index (κ3) is 5.14. The molecule has 1 aromatic carbocycles. The number of hydrogen-bond donors (Lipinski definition) is 0. The predicted octanol–water partition coefficient (Wildman–Crippen LogP) is 2.47. The zero-order chi connectivity index (χ0) is 21.0. The van der Waals surface area contributed by atoms with Crippen LogP contribution in [0, 0.1) is 0 Å². The highest BCUT2D eigenvalue weighted by molar-refractivity contribution is 5.94. The fraction of sp³-hybridized carbons (Fsp3) is 0.421. The normalized spacial score (nSPS) is 15.3. The number of ether oxygens (including phenoxy) is 2. The van der Waals surface area contributed by atoms with E-state index in [0.717, 1.165) is 12.1 Å². The number of alkyl halides is 3. The van der Waals surface area contributed by atoms with Crippen LogP contribution < -0.4 is 9.47 Å². The van der Waals surface area contributed by atoms with E-state index >= 15 is 0 Å². The number of hydrogen-bond acceptors (Lipinski definition) is 6. The molecule has 0 spiro atoms. The molecule has 1 aromatic heterocycles. The van der Waals surface area contributed by atoms with Gasteiger partial charge in [0.2, 0.25) is 11.8 Å². The second-order valence-electron chi connectivity index (χ2n) is 6.52. The van der Waals surface area contributed by atoms with Gasteiger partial charge in [0.25, 0.3) is 5.91 Å². The number of halogens is 3. The molecule has 156 valence electrons. The number of rotatable bonds is 5. The Hall–Kier alpha value is -2.88. The molecule has 1 saturated heterocycles. The van der Waals surface area contributed by atoms with Crippen LogP contribution in [0.2, 0.25) is 0 Å². The summed E-state index contributed by atoms with van der Waals surface area (Å²) >= 11 is 0. The van der Waals surface area contributed by atoms with E-state index in [4.69, 9.17) is 9.47 Å². The molecule has 0 bridgehead atoms. The molecule has 0 aliphatic carbocycles. The maximum Gasteiger partial charge on any atom is 0.416 e. The van der Waals surface area contributed by atoms with Gasteiger partial charge in [-0.3, -0.25) is 9.69 Å². The van der Waals surface area contributed by atoms with Crippen molar-refractivity contribution in [2.24, 2.45) is 0 Å². The standard InChI is InChI=1S/C19H21F3N4O3/c1-28-16-11-17(29-2)24-15(23-16)12-25-6-8-26(9-7-25)18(27)13-4-3-5-14(10-13)19(20,21)22/h3-5,10-11H,6-9,12H2,1-2H3. The quantitative estimate of drug-likeness (QED) is 0.755. The van der Waals surface area contributed by atoms with Crippen LogP contribution in [0.5, 0.6) is 11.8 Å². The largest absolute Gasteiger partial charge is 0.481 e. The molecule has 1 amide bonds. The van der Waals surface area contributed by atoms with Gasteiger partial charge in [0, 0.05) is 31.7 Å². The summed E-state index contributed by atoms with van der Waals surface area (Å²) in [5.41, 5.74) is -0.791. The van der Waals surface area contributed by atoms with Crippen LogP contribution in [-0.2, 0) is 12.7 Å². The topological polar surface area (TPSA) is 67.8 Å². The third-order valence-corrected chi connectivity index (χ3v) is 4.61. The number of amides is 1. The lowest BCUT2D eigenvalue weighted by Crippen LogP contribution is -2.48. The molecule has 10 heteroatoms.